The van der Waals surface area contributed by atoms with Gasteiger partial charge in [0.15, 0.2) is 8.07 Å². The van der Waals surface area contributed by atoms with Crippen LogP contribution in [-0.2, 0) is 9.53 Å². The molecule has 0 spiro atoms. The second-order valence-electron chi connectivity index (χ2n) is 8.11. The highest BCUT2D eigenvalue weighted by atomic mass is 28.3. The molecule has 0 aliphatic heterocycles. The predicted octanol–water partition coefficient (Wildman–Crippen LogP) is 4.29. The molecule has 160 valence electrons. The fourth-order valence-corrected chi connectivity index (χ4v) is 10.8. The van der Waals surface area contributed by atoms with Gasteiger partial charge in [-0.15, -0.1) is 0 Å². The van der Waals surface area contributed by atoms with Gasteiger partial charge >= 0.3 is 5.97 Å². The van der Waals surface area contributed by atoms with Crippen molar-refractivity contribution in [2.24, 2.45) is 5.92 Å². The number of hydrogen-bond acceptors (Lipinski definition) is 2. The Kier molecular flexibility index (Phi) is 6.67. The largest absolute Gasteiger partial charge is 0.469 e. The lowest BCUT2D eigenvalue weighted by atomic mass is 10.0. The molecule has 3 heteroatoms. The summed E-state index contributed by atoms with van der Waals surface area (Å²) in [5.41, 5.74) is 1.11. The molecular weight excluding hydrogens is 408 g/mol. The molecule has 0 bridgehead atoms. The number of methoxy groups -OCH3 is 1. The number of carbonyl (C=O) groups is 1. The van der Waals surface area contributed by atoms with Gasteiger partial charge in [0.1, 0.15) is 0 Å². The summed E-state index contributed by atoms with van der Waals surface area (Å²) in [7, 11) is -1.25. The van der Waals surface area contributed by atoms with Gasteiger partial charge in [0.2, 0.25) is 0 Å². The first-order valence-corrected chi connectivity index (χ1v) is 13.1. The molecule has 0 fully saturated rings. The standard InChI is InChI=1S/C29H28O2Si/c1-23(29(30)31-2)28(24-15-7-3-8-16-24)32(25-17-9-4-10-18-25,26-19-11-5-12-20-26)27-21-13-6-14-22-27/h3-23,28H,1-2H3/t23-,28-/m1/s1. The molecule has 0 aliphatic carbocycles. The van der Waals surface area contributed by atoms with Gasteiger partial charge in [-0.1, -0.05) is 128 Å². The molecule has 32 heavy (non-hydrogen) atoms. The third kappa shape index (κ3) is 3.92. The Labute approximate surface area is 191 Å². The second-order valence-corrected chi connectivity index (χ2v) is 12.1. The molecule has 2 nitrogen and oxygen atoms in total. The highest BCUT2D eigenvalue weighted by Crippen LogP contribution is 2.35. The molecule has 0 N–H and O–H groups in total. The lowest BCUT2D eigenvalue weighted by Crippen LogP contribution is -2.72. The van der Waals surface area contributed by atoms with Crippen LogP contribution in [0.3, 0.4) is 0 Å². The highest BCUT2D eigenvalue weighted by Gasteiger charge is 2.50. The number of ether oxygens (including phenoxy) is 1. The van der Waals surface area contributed by atoms with E-state index in [1.807, 2.05) is 13.0 Å². The monoisotopic (exact) mass is 436 g/mol. The van der Waals surface area contributed by atoms with E-state index in [1.54, 1.807) is 0 Å². The van der Waals surface area contributed by atoms with Crippen LogP contribution >= 0.6 is 0 Å². The molecule has 0 saturated carbocycles. The number of hydrogen-bond donors (Lipinski definition) is 0. The smallest absolute Gasteiger partial charge is 0.308 e. The summed E-state index contributed by atoms with van der Waals surface area (Å²) in [6.07, 6.45) is 0. The summed E-state index contributed by atoms with van der Waals surface area (Å²) in [6, 6.07) is 42.6. The lowest BCUT2D eigenvalue weighted by molar-refractivity contribution is -0.145. The summed E-state index contributed by atoms with van der Waals surface area (Å²) in [5, 5.41) is 3.84. The van der Waals surface area contributed by atoms with Crippen molar-refractivity contribution in [3.63, 3.8) is 0 Å². The second kappa shape index (κ2) is 9.80. The number of benzene rings is 4. The van der Waals surface area contributed by atoms with Crippen molar-refractivity contribution < 1.29 is 9.53 Å². The van der Waals surface area contributed by atoms with E-state index in [0.717, 1.165) is 5.56 Å². The normalized spacial score (nSPS) is 13.2. The van der Waals surface area contributed by atoms with Crippen LogP contribution in [0.5, 0.6) is 0 Å². The summed E-state index contributed by atoms with van der Waals surface area (Å²) in [6.45, 7) is 2.01. The van der Waals surface area contributed by atoms with Crippen molar-refractivity contribution in [1.29, 1.82) is 0 Å². The van der Waals surface area contributed by atoms with Gasteiger partial charge < -0.3 is 4.74 Å². The van der Waals surface area contributed by atoms with Crippen molar-refractivity contribution in [3.8, 4) is 0 Å². The highest BCUT2D eigenvalue weighted by molar-refractivity contribution is 7.12. The molecule has 0 unspecified atom stereocenters. The fourth-order valence-electron chi connectivity index (χ4n) is 5.04. The molecule has 0 aliphatic rings. The van der Waals surface area contributed by atoms with Crippen LogP contribution in [0, 0.1) is 5.92 Å². The maximum absolute atomic E-state index is 13.1. The zero-order valence-electron chi connectivity index (χ0n) is 18.5. The van der Waals surface area contributed by atoms with E-state index in [4.69, 9.17) is 4.74 Å². The topological polar surface area (TPSA) is 26.3 Å². The first-order valence-electron chi connectivity index (χ1n) is 11.0. The Balaban J connectivity index is 2.15. The molecule has 0 aromatic heterocycles. The third-order valence-electron chi connectivity index (χ3n) is 6.39. The van der Waals surface area contributed by atoms with Crippen LogP contribution < -0.4 is 15.6 Å². The molecular formula is C29H28O2Si. The van der Waals surface area contributed by atoms with Crippen LogP contribution in [0.25, 0.3) is 0 Å². The van der Waals surface area contributed by atoms with Gasteiger partial charge in [-0.3, -0.25) is 4.79 Å². The quantitative estimate of drug-likeness (QED) is 0.245. The number of esters is 1. The molecule has 0 radical (unpaired) electrons. The Morgan fingerprint density at radius 3 is 1.31 bits per heavy atom. The molecule has 0 amide bonds. The SMILES string of the molecule is COC(=O)[C@H](C)[C@H](c1ccccc1)[Si](c1ccccc1)(c1ccccc1)c1ccccc1. The lowest BCUT2D eigenvalue weighted by Gasteiger charge is -2.43. The molecule has 4 aromatic rings. The Morgan fingerprint density at radius 2 is 0.969 bits per heavy atom. The van der Waals surface area contributed by atoms with Gasteiger partial charge in [-0.25, -0.2) is 0 Å². The van der Waals surface area contributed by atoms with Gasteiger partial charge in [0.05, 0.1) is 13.0 Å². The van der Waals surface area contributed by atoms with E-state index in [0.29, 0.717) is 0 Å². The minimum absolute atomic E-state index is 0.0525. The van der Waals surface area contributed by atoms with Gasteiger partial charge in [0.25, 0.3) is 0 Å². The van der Waals surface area contributed by atoms with Crippen LogP contribution in [0.2, 0.25) is 0 Å². The van der Waals surface area contributed by atoms with E-state index in [1.165, 1.54) is 22.7 Å². The van der Waals surface area contributed by atoms with E-state index in [2.05, 4.69) is 115 Å². The Morgan fingerprint density at radius 1 is 0.625 bits per heavy atom. The zero-order valence-corrected chi connectivity index (χ0v) is 19.5. The summed E-state index contributed by atoms with van der Waals surface area (Å²) >= 11 is 0. The average molecular weight is 437 g/mol. The van der Waals surface area contributed by atoms with E-state index in [-0.39, 0.29) is 17.4 Å². The Hall–Kier alpha value is -3.43. The maximum Gasteiger partial charge on any atom is 0.308 e. The molecule has 0 saturated heterocycles. The maximum atomic E-state index is 13.1. The summed E-state index contributed by atoms with van der Waals surface area (Å²) in [5.74, 6) is -0.506. The van der Waals surface area contributed by atoms with Crippen molar-refractivity contribution in [2.75, 3.05) is 7.11 Å². The van der Waals surface area contributed by atoms with Gasteiger partial charge in [-0.05, 0) is 21.1 Å². The molecule has 4 aromatic carbocycles. The Bertz CT molecular complexity index is 1030. The van der Waals surface area contributed by atoms with Crippen LogP contribution in [0.1, 0.15) is 18.0 Å². The minimum atomic E-state index is -2.74. The van der Waals surface area contributed by atoms with Gasteiger partial charge in [0, 0.05) is 5.54 Å². The van der Waals surface area contributed by atoms with Gasteiger partial charge in [-0.2, -0.15) is 0 Å². The average Bonchev–Trinajstić information content (AvgIpc) is 2.88. The predicted molar refractivity (Wildman–Crippen MR) is 134 cm³/mol. The molecule has 2 atom stereocenters. The van der Waals surface area contributed by atoms with Crippen molar-refractivity contribution in [2.45, 2.75) is 12.5 Å². The number of carbonyl (C=O) groups excluding carboxylic acids is 1. The van der Waals surface area contributed by atoms with E-state index < -0.39 is 8.07 Å². The summed E-state index contributed by atoms with van der Waals surface area (Å²) < 4.78 is 5.30. The first kappa shape index (κ1) is 21.8. The zero-order chi connectivity index (χ0) is 22.4. The number of rotatable bonds is 7. The van der Waals surface area contributed by atoms with E-state index in [9.17, 15) is 4.79 Å². The third-order valence-corrected chi connectivity index (χ3v) is 11.9. The molecule has 4 rings (SSSR count). The van der Waals surface area contributed by atoms with Crippen LogP contribution in [0.15, 0.2) is 121 Å². The summed E-state index contributed by atoms with van der Waals surface area (Å²) in [4.78, 5) is 13.1. The molecule has 0 heterocycles. The van der Waals surface area contributed by atoms with Crippen LogP contribution in [0.4, 0.5) is 0 Å². The van der Waals surface area contributed by atoms with E-state index >= 15 is 0 Å². The minimum Gasteiger partial charge on any atom is -0.469 e. The van der Waals surface area contributed by atoms with Crippen LogP contribution in [-0.4, -0.2) is 21.2 Å². The first-order chi connectivity index (χ1) is 15.7. The van der Waals surface area contributed by atoms with Crippen molar-refractivity contribution in [1.82, 2.24) is 0 Å². The van der Waals surface area contributed by atoms with Crippen molar-refractivity contribution >= 4 is 29.6 Å². The fraction of sp³-hybridized carbons (Fsp3) is 0.138. The van der Waals surface area contributed by atoms with Crippen molar-refractivity contribution in [3.05, 3.63) is 127 Å².